The van der Waals surface area contributed by atoms with Crippen LogP contribution in [0.2, 0.25) is 0 Å². The SMILES string of the molecule is Cc1cc(I)c(C(C)(C)c2ccc3ccccc3n2)[nH]c1=O. The van der Waals surface area contributed by atoms with Crippen molar-refractivity contribution in [1.29, 1.82) is 0 Å². The van der Waals surface area contributed by atoms with E-state index >= 15 is 0 Å². The number of aromatic nitrogens is 2. The Bertz CT molecular complexity index is 912. The summed E-state index contributed by atoms with van der Waals surface area (Å²) in [6.07, 6.45) is 0. The minimum Gasteiger partial charge on any atom is -0.324 e. The molecule has 2 aromatic heterocycles. The lowest BCUT2D eigenvalue weighted by Gasteiger charge is -2.26. The lowest BCUT2D eigenvalue weighted by atomic mass is 9.84. The Balaban J connectivity index is 2.19. The maximum atomic E-state index is 12.0. The quantitative estimate of drug-likeness (QED) is 0.652. The second-order valence-corrected chi connectivity index (χ2v) is 7.18. The molecule has 0 aliphatic carbocycles. The van der Waals surface area contributed by atoms with Gasteiger partial charge in [0.15, 0.2) is 0 Å². The molecule has 0 amide bonds. The van der Waals surface area contributed by atoms with Crippen molar-refractivity contribution in [2.75, 3.05) is 0 Å². The summed E-state index contributed by atoms with van der Waals surface area (Å²) < 4.78 is 1.05. The van der Waals surface area contributed by atoms with E-state index in [0.29, 0.717) is 0 Å². The molecule has 0 spiro atoms. The first-order valence-corrected chi connectivity index (χ1v) is 8.23. The number of hydrogen-bond acceptors (Lipinski definition) is 2. The van der Waals surface area contributed by atoms with Gasteiger partial charge in [-0.05, 0) is 61.6 Å². The Kier molecular flexibility index (Phi) is 3.80. The normalized spacial score (nSPS) is 11.8. The molecule has 1 N–H and O–H groups in total. The number of halogens is 1. The van der Waals surface area contributed by atoms with Crippen LogP contribution in [0.15, 0.2) is 47.3 Å². The van der Waals surface area contributed by atoms with Crippen molar-refractivity contribution in [3.8, 4) is 0 Å². The molecule has 0 aliphatic rings. The third-order valence-corrected chi connectivity index (χ3v) is 4.89. The van der Waals surface area contributed by atoms with Gasteiger partial charge in [0.2, 0.25) is 0 Å². The van der Waals surface area contributed by atoms with Crippen molar-refractivity contribution >= 4 is 33.5 Å². The van der Waals surface area contributed by atoms with Gasteiger partial charge in [0, 0.05) is 25.6 Å². The molecule has 112 valence electrons. The van der Waals surface area contributed by atoms with Gasteiger partial charge in [-0.25, -0.2) is 0 Å². The van der Waals surface area contributed by atoms with Crippen molar-refractivity contribution in [3.05, 3.63) is 73.3 Å². The van der Waals surface area contributed by atoms with Crippen LogP contribution in [0.5, 0.6) is 0 Å². The van der Waals surface area contributed by atoms with Gasteiger partial charge < -0.3 is 4.98 Å². The second-order valence-electron chi connectivity index (χ2n) is 6.02. The molecule has 0 saturated carbocycles. The Labute approximate surface area is 142 Å². The van der Waals surface area contributed by atoms with Crippen molar-refractivity contribution in [2.24, 2.45) is 0 Å². The van der Waals surface area contributed by atoms with E-state index < -0.39 is 0 Å². The van der Waals surface area contributed by atoms with Gasteiger partial charge >= 0.3 is 0 Å². The monoisotopic (exact) mass is 404 g/mol. The number of nitrogens with zero attached hydrogens (tertiary/aromatic N) is 1. The summed E-state index contributed by atoms with van der Waals surface area (Å²) in [4.78, 5) is 19.8. The van der Waals surface area contributed by atoms with Gasteiger partial charge in [-0.2, -0.15) is 0 Å². The summed E-state index contributed by atoms with van der Waals surface area (Å²) in [6, 6.07) is 14.1. The molecule has 0 aliphatic heterocycles. The van der Waals surface area contributed by atoms with Crippen LogP contribution in [-0.2, 0) is 5.41 Å². The van der Waals surface area contributed by atoms with Crippen molar-refractivity contribution in [1.82, 2.24) is 9.97 Å². The maximum absolute atomic E-state index is 12.0. The fraction of sp³-hybridized carbons (Fsp3) is 0.222. The molecular weight excluding hydrogens is 387 g/mol. The van der Waals surface area contributed by atoms with Gasteiger partial charge in [-0.3, -0.25) is 9.78 Å². The number of aromatic amines is 1. The average molecular weight is 404 g/mol. The van der Waals surface area contributed by atoms with Crippen molar-refractivity contribution in [3.63, 3.8) is 0 Å². The van der Waals surface area contributed by atoms with E-state index in [1.165, 1.54) is 0 Å². The van der Waals surface area contributed by atoms with Crippen molar-refractivity contribution in [2.45, 2.75) is 26.2 Å². The first-order chi connectivity index (χ1) is 10.4. The molecule has 3 nitrogen and oxygen atoms in total. The first-order valence-electron chi connectivity index (χ1n) is 7.16. The fourth-order valence-corrected chi connectivity index (χ4v) is 3.87. The summed E-state index contributed by atoms with van der Waals surface area (Å²) in [5, 5.41) is 1.12. The van der Waals surface area contributed by atoms with E-state index in [1.807, 2.05) is 37.3 Å². The van der Waals surface area contributed by atoms with Crippen LogP contribution in [0.4, 0.5) is 0 Å². The molecule has 4 heteroatoms. The highest BCUT2D eigenvalue weighted by Gasteiger charge is 2.28. The van der Waals surface area contributed by atoms with Crippen LogP contribution >= 0.6 is 22.6 Å². The fourth-order valence-electron chi connectivity index (χ4n) is 2.60. The number of rotatable bonds is 2. The molecule has 22 heavy (non-hydrogen) atoms. The predicted molar refractivity (Wildman–Crippen MR) is 98.4 cm³/mol. The molecule has 0 bridgehead atoms. The minimum absolute atomic E-state index is 0.0377. The van der Waals surface area contributed by atoms with Crippen LogP contribution in [-0.4, -0.2) is 9.97 Å². The van der Waals surface area contributed by atoms with Gasteiger partial charge in [0.05, 0.1) is 11.2 Å². The van der Waals surface area contributed by atoms with Crippen LogP contribution in [0, 0.1) is 10.5 Å². The summed E-state index contributed by atoms with van der Waals surface area (Å²) in [6.45, 7) is 6.01. The highest BCUT2D eigenvalue weighted by molar-refractivity contribution is 14.1. The standard InChI is InChI=1S/C18H17IN2O/c1-11-10-13(19)16(21-17(11)22)18(2,3)15-9-8-12-6-4-5-7-14(12)20-15/h4-10H,1-3H3,(H,21,22). The number of hydrogen-bond donors (Lipinski definition) is 1. The first kappa shape index (κ1) is 15.2. The Morgan fingerprint density at radius 3 is 2.64 bits per heavy atom. The number of nitrogens with one attached hydrogen (secondary N) is 1. The van der Waals surface area contributed by atoms with Gasteiger partial charge in [-0.15, -0.1) is 0 Å². The maximum Gasteiger partial charge on any atom is 0.251 e. The van der Waals surface area contributed by atoms with Gasteiger partial charge in [0.25, 0.3) is 5.56 Å². The molecule has 0 unspecified atom stereocenters. The van der Waals surface area contributed by atoms with Crippen LogP contribution in [0.25, 0.3) is 10.9 Å². The third-order valence-electron chi connectivity index (χ3n) is 4.04. The zero-order chi connectivity index (χ0) is 15.9. The zero-order valence-electron chi connectivity index (χ0n) is 12.8. The third kappa shape index (κ3) is 2.56. The van der Waals surface area contributed by atoms with E-state index in [0.717, 1.165) is 31.4 Å². The number of pyridine rings is 2. The number of fused-ring (bicyclic) bond motifs is 1. The number of aryl methyl sites for hydroxylation is 1. The summed E-state index contributed by atoms with van der Waals surface area (Å²) in [5.74, 6) is 0. The largest absolute Gasteiger partial charge is 0.324 e. The lowest BCUT2D eigenvalue weighted by Crippen LogP contribution is -2.27. The van der Waals surface area contributed by atoms with E-state index in [1.54, 1.807) is 0 Å². The summed E-state index contributed by atoms with van der Waals surface area (Å²) >= 11 is 2.27. The molecule has 0 saturated heterocycles. The van der Waals surface area contributed by atoms with Crippen LogP contribution < -0.4 is 5.56 Å². The minimum atomic E-state index is -0.368. The molecule has 3 aromatic rings. The van der Waals surface area contributed by atoms with Gasteiger partial charge in [-0.1, -0.05) is 24.3 Å². The van der Waals surface area contributed by atoms with Crippen LogP contribution in [0.1, 0.15) is 30.8 Å². The molecule has 0 atom stereocenters. The van der Waals surface area contributed by atoms with E-state index in [2.05, 4.69) is 53.6 Å². The Morgan fingerprint density at radius 2 is 1.86 bits per heavy atom. The molecular formula is C18H17IN2O. The lowest BCUT2D eigenvalue weighted by molar-refractivity contribution is 0.591. The Hall–Kier alpha value is -1.69. The topological polar surface area (TPSA) is 45.8 Å². The molecule has 1 aromatic carbocycles. The highest BCUT2D eigenvalue weighted by atomic mass is 127. The number of para-hydroxylation sites is 1. The Morgan fingerprint density at radius 1 is 1.14 bits per heavy atom. The molecule has 3 rings (SSSR count). The molecule has 0 radical (unpaired) electrons. The van der Waals surface area contributed by atoms with Crippen LogP contribution in [0.3, 0.4) is 0 Å². The second kappa shape index (κ2) is 5.50. The van der Waals surface area contributed by atoms with Crippen molar-refractivity contribution < 1.29 is 0 Å². The number of benzene rings is 1. The average Bonchev–Trinajstić information content (AvgIpc) is 2.50. The molecule has 2 heterocycles. The summed E-state index contributed by atoms with van der Waals surface area (Å²) in [7, 11) is 0. The van der Waals surface area contributed by atoms with Gasteiger partial charge in [0.1, 0.15) is 0 Å². The number of H-pyrrole nitrogens is 1. The van der Waals surface area contributed by atoms with E-state index in [4.69, 9.17) is 4.98 Å². The van der Waals surface area contributed by atoms with E-state index in [-0.39, 0.29) is 11.0 Å². The summed E-state index contributed by atoms with van der Waals surface area (Å²) in [5.41, 5.74) is 3.15. The predicted octanol–water partition coefficient (Wildman–Crippen LogP) is 4.16. The van der Waals surface area contributed by atoms with E-state index in [9.17, 15) is 4.79 Å². The molecule has 0 fully saturated rings. The zero-order valence-corrected chi connectivity index (χ0v) is 14.9. The highest BCUT2D eigenvalue weighted by Crippen LogP contribution is 2.32. The smallest absolute Gasteiger partial charge is 0.251 e.